The normalized spacial score (nSPS) is 33.3. The first-order valence-electron chi connectivity index (χ1n) is 8.80. The molecule has 5 rings (SSSR count). The van der Waals surface area contributed by atoms with E-state index in [4.69, 9.17) is 16.9 Å². The molecule has 8 nitrogen and oxygen atoms in total. The molecule has 2 bridgehead atoms. The van der Waals surface area contributed by atoms with Gasteiger partial charge in [-0.25, -0.2) is 4.79 Å². The highest BCUT2D eigenvalue weighted by Gasteiger charge is 2.53. The summed E-state index contributed by atoms with van der Waals surface area (Å²) < 4.78 is 0. The predicted octanol–water partition coefficient (Wildman–Crippen LogP) is 1.26. The molecule has 4 atom stereocenters. The van der Waals surface area contributed by atoms with Crippen molar-refractivity contribution in [2.24, 2.45) is 5.92 Å². The van der Waals surface area contributed by atoms with Crippen LogP contribution in [0.15, 0.2) is 0 Å². The van der Waals surface area contributed by atoms with Gasteiger partial charge in [0.05, 0.1) is 18.1 Å². The van der Waals surface area contributed by atoms with Crippen LogP contribution in [0.1, 0.15) is 31.4 Å². The lowest BCUT2D eigenvalue weighted by Gasteiger charge is -2.37. The number of carbonyl (C=O) groups is 1. The molecule has 0 N–H and O–H groups in total. The van der Waals surface area contributed by atoms with Crippen LogP contribution < -0.4 is 4.90 Å². The van der Waals surface area contributed by atoms with E-state index in [1.165, 1.54) is 0 Å². The Morgan fingerprint density at radius 3 is 2.60 bits per heavy atom. The lowest BCUT2D eigenvalue weighted by atomic mass is 10.0. The van der Waals surface area contributed by atoms with Crippen molar-refractivity contribution in [3.63, 3.8) is 0 Å². The second-order valence-corrected chi connectivity index (χ2v) is 7.77. The summed E-state index contributed by atoms with van der Waals surface area (Å²) in [7, 11) is 0. The van der Waals surface area contributed by atoms with Crippen molar-refractivity contribution in [2.75, 3.05) is 24.5 Å². The maximum absolute atomic E-state index is 12.8. The third-order valence-electron chi connectivity index (χ3n) is 6.12. The van der Waals surface area contributed by atoms with E-state index in [9.17, 15) is 4.79 Å². The van der Waals surface area contributed by atoms with Crippen molar-refractivity contribution >= 4 is 23.6 Å². The molecule has 9 heteroatoms. The Kier molecular flexibility index (Phi) is 3.29. The zero-order valence-corrected chi connectivity index (χ0v) is 14.4. The summed E-state index contributed by atoms with van der Waals surface area (Å²) in [4.78, 5) is 23.3. The molecule has 130 valence electrons. The van der Waals surface area contributed by atoms with E-state index in [0.717, 1.165) is 45.3 Å². The molecule has 0 aromatic carbocycles. The molecule has 4 fully saturated rings. The standard InChI is InChI=1S/C16H18ClN7O/c17-14-11(6-18)20-21-15(19-14)23-7-9-4-12(23)13(5-9)24-8-10-2-1-3-22(10)16(24)25/h9-10,12-13H,1-5,7-8H2. The Hall–Kier alpha value is -2.14. The van der Waals surface area contributed by atoms with E-state index in [1.54, 1.807) is 0 Å². The lowest BCUT2D eigenvalue weighted by molar-refractivity contribution is 0.169. The van der Waals surface area contributed by atoms with E-state index >= 15 is 0 Å². The molecule has 3 saturated heterocycles. The van der Waals surface area contributed by atoms with Crippen LogP contribution in [-0.4, -0.2) is 68.8 Å². The summed E-state index contributed by atoms with van der Waals surface area (Å²) in [5, 5.41) is 17.0. The Balaban J connectivity index is 1.40. The zero-order chi connectivity index (χ0) is 17.1. The molecule has 1 aromatic heterocycles. The van der Waals surface area contributed by atoms with Gasteiger partial charge in [0.2, 0.25) is 5.95 Å². The fraction of sp³-hybridized carbons (Fsp3) is 0.688. The molecular formula is C16H18ClN7O. The van der Waals surface area contributed by atoms with Crippen molar-refractivity contribution in [3.8, 4) is 6.07 Å². The molecule has 4 unspecified atom stereocenters. The number of fused-ring (bicyclic) bond motifs is 3. The maximum atomic E-state index is 12.8. The number of carbonyl (C=O) groups excluding carboxylic acids is 1. The van der Waals surface area contributed by atoms with Crippen LogP contribution in [0.5, 0.6) is 0 Å². The van der Waals surface area contributed by atoms with Crippen LogP contribution in [0.4, 0.5) is 10.7 Å². The van der Waals surface area contributed by atoms with Crippen molar-refractivity contribution < 1.29 is 4.79 Å². The number of anilines is 1. The largest absolute Gasteiger partial charge is 0.334 e. The second kappa shape index (κ2) is 5.43. The minimum Gasteiger partial charge on any atom is -0.334 e. The first-order chi connectivity index (χ1) is 12.2. The van der Waals surface area contributed by atoms with Gasteiger partial charge >= 0.3 is 6.03 Å². The molecule has 4 aliphatic rings. The molecule has 0 radical (unpaired) electrons. The smallest absolute Gasteiger partial charge is 0.320 e. The van der Waals surface area contributed by atoms with Gasteiger partial charge in [-0.1, -0.05) is 11.6 Å². The maximum Gasteiger partial charge on any atom is 0.320 e. The van der Waals surface area contributed by atoms with Crippen molar-refractivity contribution in [1.82, 2.24) is 25.0 Å². The fourth-order valence-corrected chi connectivity index (χ4v) is 5.23. The van der Waals surface area contributed by atoms with E-state index in [0.29, 0.717) is 17.9 Å². The summed E-state index contributed by atoms with van der Waals surface area (Å²) in [6.07, 6.45) is 4.33. The van der Waals surface area contributed by atoms with Crippen LogP contribution in [0.2, 0.25) is 5.15 Å². The Bertz CT molecular complexity index is 780. The highest BCUT2D eigenvalue weighted by Crippen LogP contribution is 2.43. The Morgan fingerprint density at radius 1 is 1.12 bits per heavy atom. The average Bonchev–Trinajstić information content (AvgIpc) is 3.36. The molecule has 1 saturated carbocycles. The fourth-order valence-electron chi connectivity index (χ4n) is 5.07. The molecule has 1 aliphatic carbocycles. The van der Waals surface area contributed by atoms with Crippen LogP contribution in [0.25, 0.3) is 0 Å². The third kappa shape index (κ3) is 2.18. The summed E-state index contributed by atoms with van der Waals surface area (Å²) >= 11 is 6.03. The molecule has 25 heavy (non-hydrogen) atoms. The minimum atomic E-state index is 0.0432. The highest BCUT2D eigenvalue weighted by molar-refractivity contribution is 6.30. The summed E-state index contributed by atoms with van der Waals surface area (Å²) in [6, 6.07) is 2.88. The average molecular weight is 360 g/mol. The van der Waals surface area contributed by atoms with Crippen molar-refractivity contribution in [3.05, 3.63) is 10.8 Å². The van der Waals surface area contributed by atoms with Crippen LogP contribution in [0, 0.1) is 17.2 Å². The molecule has 0 spiro atoms. The molecular weight excluding hydrogens is 342 g/mol. The monoisotopic (exact) mass is 359 g/mol. The SMILES string of the molecule is N#Cc1nnc(N2CC3CC(N4CC5CCCN5C4=O)C2C3)nc1Cl. The van der Waals surface area contributed by atoms with E-state index in [-0.39, 0.29) is 29.0 Å². The lowest BCUT2D eigenvalue weighted by Crippen LogP contribution is -2.52. The summed E-state index contributed by atoms with van der Waals surface area (Å²) in [6.45, 7) is 2.59. The van der Waals surface area contributed by atoms with Gasteiger partial charge in [-0.3, -0.25) is 0 Å². The molecule has 3 aliphatic heterocycles. The minimum absolute atomic E-state index is 0.0432. The van der Waals surface area contributed by atoms with Crippen molar-refractivity contribution in [2.45, 2.75) is 43.8 Å². The number of nitriles is 1. The number of hydrogen-bond donors (Lipinski definition) is 0. The number of hydrogen-bond acceptors (Lipinski definition) is 6. The summed E-state index contributed by atoms with van der Waals surface area (Å²) in [5.41, 5.74) is 0.0432. The first kappa shape index (κ1) is 15.1. The van der Waals surface area contributed by atoms with Gasteiger partial charge in [0.25, 0.3) is 0 Å². The van der Waals surface area contributed by atoms with Crippen LogP contribution >= 0.6 is 11.6 Å². The first-order valence-corrected chi connectivity index (χ1v) is 9.17. The van der Waals surface area contributed by atoms with Crippen molar-refractivity contribution in [1.29, 1.82) is 5.26 Å². The predicted molar refractivity (Wildman–Crippen MR) is 89.0 cm³/mol. The molecule has 2 amide bonds. The van der Waals surface area contributed by atoms with Gasteiger partial charge in [-0.15, -0.1) is 10.2 Å². The molecule has 1 aromatic rings. The van der Waals surface area contributed by atoms with Crippen LogP contribution in [-0.2, 0) is 0 Å². The second-order valence-electron chi connectivity index (χ2n) is 7.41. The topological polar surface area (TPSA) is 89.3 Å². The zero-order valence-electron chi connectivity index (χ0n) is 13.7. The van der Waals surface area contributed by atoms with Gasteiger partial charge in [0.1, 0.15) is 6.07 Å². The van der Waals surface area contributed by atoms with Gasteiger partial charge in [-0.2, -0.15) is 10.2 Å². The Morgan fingerprint density at radius 2 is 1.92 bits per heavy atom. The summed E-state index contributed by atoms with van der Waals surface area (Å²) in [5.74, 6) is 1.00. The third-order valence-corrected chi connectivity index (χ3v) is 6.38. The van der Waals surface area contributed by atoms with Crippen LogP contribution in [0.3, 0.4) is 0 Å². The number of halogens is 1. The quantitative estimate of drug-likeness (QED) is 0.789. The number of urea groups is 1. The van der Waals surface area contributed by atoms with E-state index in [1.807, 2.05) is 11.0 Å². The van der Waals surface area contributed by atoms with Gasteiger partial charge < -0.3 is 14.7 Å². The van der Waals surface area contributed by atoms with Gasteiger partial charge in [0, 0.05) is 19.6 Å². The van der Waals surface area contributed by atoms with E-state index in [2.05, 4.69) is 25.0 Å². The Labute approximate surface area is 150 Å². The highest BCUT2D eigenvalue weighted by atomic mass is 35.5. The number of rotatable bonds is 2. The number of nitrogens with zero attached hydrogens (tertiary/aromatic N) is 7. The molecule has 4 heterocycles. The van der Waals surface area contributed by atoms with Gasteiger partial charge in [0.15, 0.2) is 10.8 Å². The number of piperidine rings is 1. The van der Waals surface area contributed by atoms with Gasteiger partial charge in [-0.05, 0) is 31.6 Å². The number of amides is 2. The number of aromatic nitrogens is 3. The van der Waals surface area contributed by atoms with E-state index < -0.39 is 0 Å².